The zero-order valence-electron chi connectivity index (χ0n) is 14.5. The molecule has 0 atom stereocenters. The second kappa shape index (κ2) is 10.5. The number of benzene rings is 1. The molecule has 1 rings (SSSR count). The average Bonchev–Trinajstić information content (AvgIpc) is 2.57. The molecule has 0 bridgehead atoms. The molecule has 130 valence electrons. The van der Waals surface area contributed by atoms with E-state index in [1.807, 2.05) is 38.1 Å². The van der Waals surface area contributed by atoms with Crippen LogP contribution in [0.1, 0.15) is 40.5 Å². The van der Waals surface area contributed by atoms with Crippen LogP contribution in [-0.4, -0.2) is 17.5 Å². The smallest absolute Gasteiger partial charge is 0.307 e. The maximum absolute atomic E-state index is 12.6. The molecule has 24 heavy (non-hydrogen) atoms. The fourth-order valence-electron chi connectivity index (χ4n) is 2.07. The monoisotopic (exact) mass is 410 g/mol. The summed E-state index contributed by atoms with van der Waals surface area (Å²) >= 11 is 5.09. The molecule has 0 spiro atoms. The maximum atomic E-state index is 12.6. The number of carbonyl (C=O) groups is 2. The zero-order valence-corrected chi connectivity index (χ0v) is 16.9. The number of ketones is 1. The SMILES string of the molecule is C/C=C(\C)C(=O)/C(CCSc1ccc(Br)cc1)=C(\CC)OC(C)=O. The van der Waals surface area contributed by atoms with Gasteiger partial charge in [0.15, 0.2) is 5.78 Å². The number of rotatable bonds is 8. The Morgan fingerprint density at radius 1 is 1.21 bits per heavy atom. The molecule has 0 unspecified atom stereocenters. The third-order valence-corrected chi connectivity index (χ3v) is 4.97. The van der Waals surface area contributed by atoms with Gasteiger partial charge in [0.2, 0.25) is 0 Å². The van der Waals surface area contributed by atoms with E-state index < -0.39 is 5.97 Å². The highest BCUT2D eigenvalue weighted by Gasteiger charge is 2.18. The van der Waals surface area contributed by atoms with Crippen molar-refractivity contribution in [3.63, 3.8) is 0 Å². The van der Waals surface area contributed by atoms with E-state index >= 15 is 0 Å². The minimum Gasteiger partial charge on any atom is -0.431 e. The van der Waals surface area contributed by atoms with Crippen LogP contribution in [0.2, 0.25) is 0 Å². The van der Waals surface area contributed by atoms with Gasteiger partial charge in [-0.15, -0.1) is 11.8 Å². The summed E-state index contributed by atoms with van der Waals surface area (Å²) in [6, 6.07) is 8.04. The minimum absolute atomic E-state index is 0.0491. The Hall–Kier alpha value is -1.33. The molecule has 0 saturated heterocycles. The molecule has 0 amide bonds. The Bertz CT molecular complexity index is 645. The molecule has 0 aliphatic heterocycles. The lowest BCUT2D eigenvalue weighted by molar-refractivity contribution is -0.137. The van der Waals surface area contributed by atoms with E-state index in [0.717, 1.165) is 15.1 Å². The first-order valence-electron chi connectivity index (χ1n) is 7.85. The molecule has 0 heterocycles. The number of hydrogen-bond donors (Lipinski definition) is 0. The Morgan fingerprint density at radius 2 is 1.83 bits per heavy atom. The van der Waals surface area contributed by atoms with Crippen molar-refractivity contribution in [2.45, 2.75) is 45.4 Å². The summed E-state index contributed by atoms with van der Waals surface area (Å²) in [4.78, 5) is 25.1. The Morgan fingerprint density at radius 3 is 2.33 bits per heavy atom. The molecule has 0 fully saturated rings. The van der Waals surface area contributed by atoms with E-state index in [-0.39, 0.29) is 5.78 Å². The van der Waals surface area contributed by atoms with Gasteiger partial charge in [0.25, 0.3) is 0 Å². The summed E-state index contributed by atoms with van der Waals surface area (Å²) in [5.41, 5.74) is 1.25. The number of halogens is 1. The highest BCUT2D eigenvalue weighted by molar-refractivity contribution is 9.10. The van der Waals surface area contributed by atoms with Gasteiger partial charge in [-0.2, -0.15) is 0 Å². The van der Waals surface area contributed by atoms with Crippen molar-refractivity contribution in [2.75, 3.05) is 5.75 Å². The number of carbonyl (C=O) groups excluding carboxylic acids is 2. The van der Waals surface area contributed by atoms with Crippen molar-refractivity contribution in [1.29, 1.82) is 0 Å². The van der Waals surface area contributed by atoms with Crippen LogP contribution in [0.15, 0.2) is 56.6 Å². The van der Waals surface area contributed by atoms with Crippen LogP contribution in [0, 0.1) is 0 Å². The van der Waals surface area contributed by atoms with E-state index in [9.17, 15) is 9.59 Å². The number of hydrogen-bond acceptors (Lipinski definition) is 4. The van der Waals surface area contributed by atoms with Gasteiger partial charge < -0.3 is 4.74 Å². The summed E-state index contributed by atoms with van der Waals surface area (Å²) in [7, 11) is 0. The lowest BCUT2D eigenvalue weighted by Gasteiger charge is -2.13. The van der Waals surface area contributed by atoms with E-state index in [0.29, 0.717) is 29.7 Å². The van der Waals surface area contributed by atoms with Gasteiger partial charge in [-0.3, -0.25) is 9.59 Å². The Balaban J connectivity index is 2.92. The molecule has 3 nitrogen and oxygen atoms in total. The van der Waals surface area contributed by atoms with E-state index in [1.54, 1.807) is 24.8 Å². The molecular weight excluding hydrogens is 388 g/mol. The van der Waals surface area contributed by atoms with Crippen molar-refractivity contribution in [3.8, 4) is 0 Å². The summed E-state index contributed by atoms with van der Waals surface area (Å²) in [6.45, 7) is 6.86. The highest BCUT2D eigenvalue weighted by atomic mass is 79.9. The molecular formula is C19H23BrO3S. The van der Waals surface area contributed by atoms with E-state index in [1.165, 1.54) is 6.92 Å². The van der Waals surface area contributed by atoms with Crippen molar-refractivity contribution in [3.05, 3.63) is 51.7 Å². The van der Waals surface area contributed by atoms with Crippen molar-refractivity contribution < 1.29 is 14.3 Å². The van der Waals surface area contributed by atoms with Gasteiger partial charge in [0.05, 0.1) is 0 Å². The molecule has 0 aromatic heterocycles. The number of thioether (sulfide) groups is 1. The topological polar surface area (TPSA) is 43.4 Å². The van der Waals surface area contributed by atoms with Crippen molar-refractivity contribution >= 4 is 39.4 Å². The summed E-state index contributed by atoms with van der Waals surface area (Å²) in [6.07, 6.45) is 2.85. The first-order valence-corrected chi connectivity index (χ1v) is 9.63. The minimum atomic E-state index is -0.393. The number of allylic oxidation sites excluding steroid dienone is 4. The average molecular weight is 411 g/mol. The van der Waals surface area contributed by atoms with Crippen LogP contribution in [0.4, 0.5) is 0 Å². The van der Waals surface area contributed by atoms with Gasteiger partial charge in [-0.1, -0.05) is 28.9 Å². The van der Waals surface area contributed by atoms with Crippen LogP contribution in [0.5, 0.6) is 0 Å². The molecule has 1 aromatic carbocycles. The first-order chi connectivity index (χ1) is 11.4. The fourth-order valence-corrected chi connectivity index (χ4v) is 3.21. The van der Waals surface area contributed by atoms with E-state index in [2.05, 4.69) is 15.9 Å². The first kappa shape index (κ1) is 20.7. The van der Waals surface area contributed by atoms with Gasteiger partial charge in [-0.05, 0) is 50.1 Å². The molecule has 1 aromatic rings. The Kier molecular flexibility index (Phi) is 9.08. The second-order valence-electron chi connectivity index (χ2n) is 5.20. The molecule has 0 N–H and O–H groups in total. The van der Waals surface area contributed by atoms with Crippen molar-refractivity contribution in [1.82, 2.24) is 0 Å². The molecule has 0 saturated carbocycles. The lowest BCUT2D eigenvalue weighted by Crippen LogP contribution is -2.12. The summed E-state index contributed by atoms with van der Waals surface area (Å²) in [5, 5.41) is 0. The van der Waals surface area contributed by atoms with Crippen LogP contribution in [0.25, 0.3) is 0 Å². The molecule has 0 aliphatic carbocycles. The number of ether oxygens (including phenoxy) is 1. The predicted molar refractivity (Wildman–Crippen MR) is 103 cm³/mol. The van der Waals surface area contributed by atoms with Crippen LogP contribution < -0.4 is 0 Å². The second-order valence-corrected chi connectivity index (χ2v) is 7.29. The largest absolute Gasteiger partial charge is 0.431 e. The zero-order chi connectivity index (χ0) is 18.1. The van der Waals surface area contributed by atoms with Gasteiger partial charge in [0, 0.05) is 34.0 Å². The van der Waals surface area contributed by atoms with Crippen LogP contribution in [-0.2, 0) is 14.3 Å². The Labute approximate surface area is 156 Å². The number of esters is 1. The summed E-state index contributed by atoms with van der Waals surface area (Å²) < 4.78 is 6.31. The predicted octanol–water partition coefficient (Wildman–Crippen LogP) is 5.69. The quantitative estimate of drug-likeness (QED) is 0.238. The van der Waals surface area contributed by atoms with Crippen LogP contribution >= 0.6 is 27.7 Å². The maximum Gasteiger partial charge on any atom is 0.307 e. The molecule has 5 heteroatoms. The summed E-state index contributed by atoms with van der Waals surface area (Å²) in [5.74, 6) is 0.776. The highest BCUT2D eigenvalue weighted by Crippen LogP contribution is 2.25. The van der Waals surface area contributed by atoms with Gasteiger partial charge in [0.1, 0.15) is 5.76 Å². The van der Waals surface area contributed by atoms with Gasteiger partial charge >= 0.3 is 5.97 Å². The number of Topliss-reactive ketones (excluding diaryl/α,β-unsaturated/α-hetero) is 1. The third kappa shape index (κ3) is 6.65. The fraction of sp³-hybridized carbons (Fsp3) is 0.368. The van der Waals surface area contributed by atoms with Gasteiger partial charge in [-0.25, -0.2) is 0 Å². The van der Waals surface area contributed by atoms with Crippen LogP contribution in [0.3, 0.4) is 0 Å². The molecule has 0 aliphatic rings. The van der Waals surface area contributed by atoms with E-state index in [4.69, 9.17) is 4.74 Å². The lowest BCUT2D eigenvalue weighted by atomic mass is 10.00. The third-order valence-electron chi connectivity index (χ3n) is 3.42. The van der Waals surface area contributed by atoms with Crippen molar-refractivity contribution in [2.24, 2.45) is 0 Å². The molecule has 0 radical (unpaired) electrons. The standard InChI is InChI=1S/C19H23BrO3S/c1-5-13(3)19(22)17(18(6-2)23-14(4)21)11-12-24-16-9-7-15(20)8-10-16/h5,7-10H,6,11-12H2,1-4H3/b13-5+,18-17+. The normalized spacial score (nSPS) is 12.6.